The Hall–Kier alpha value is -4.57. The molecule has 0 spiro atoms. The van der Waals surface area contributed by atoms with Gasteiger partial charge in [-0.15, -0.1) is 0 Å². The highest BCUT2D eigenvalue weighted by molar-refractivity contribution is 7.90. The summed E-state index contributed by atoms with van der Waals surface area (Å²) in [6.45, 7) is 1.78. The molecule has 0 saturated carbocycles. The van der Waals surface area contributed by atoms with Crippen molar-refractivity contribution >= 4 is 27.1 Å². The molecule has 1 N–H and O–H groups in total. The van der Waals surface area contributed by atoms with E-state index in [9.17, 15) is 17.6 Å². The van der Waals surface area contributed by atoms with Crippen LogP contribution in [0.4, 0.5) is 10.1 Å². The molecule has 0 fully saturated rings. The number of aromatic nitrogens is 3. The fourth-order valence-corrected chi connectivity index (χ4v) is 4.98. The molecule has 0 aliphatic heterocycles. The minimum atomic E-state index is -3.35. The van der Waals surface area contributed by atoms with Crippen molar-refractivity contribution in [3.63, 3.8) is 0 Å². The first-order valence-electron chi connectivity index (χ1n) is 12.5. The molecular formula is C30H27FN4O4S. The number of carbonyl (C=O) groups is 1. The quantitative estimate of drug-likeness (QED) is 0.278. The minimum Gasteiger partial charge on any atom is -0.496 e. The predicted molar refractivity (Wildman–Crippen MR) is 151 cm³/mol. The molecule has 0 saturated heterocycles. The van der Waals surface area contributed by atoms with E-state index >= 15 is 0 Å². The molecule has 0 bridgehead atoms. The number of fused-ring (bicyclic) bond motifs is 1. The summed E-state index contributed by atoms with van der Waals surface area (Å²) in [5.74, 6) is 0.0756. The average molecular weight is 559 g/mol. The second kappa shape index (κ2) is 10.9. The molecule has 5 rings (SSSR count). The third-order valence-electron chi connectivity index (χ3n) is 6.66. The third-order valence-corrected chi connectivity index (χ3v) is 7.77. The van der Waals surface area contributed by atoms with Crippen LogP contribution in [0.5, 0.6) is 5.75 Å². The maximum atomic E-state index is 13.2. The van der Waals surface area contributed by atoms with E-state index in [1.807, 2.05) is 42.6 Å². The number of rotatable bonds is 8. The smallest absolute Gasteiger partial charge is 0.231 e. The van der Waals surface area contributed by atoms with Crippen molar-refractivity contribution in [2.45, 2.75) is 24.2 Å². The van der Waals surface area contributed by atoms with E-state index in [0.717, 1.165) is 28.5 Å². The summed E-state index contributed by atoms with van der Waals surface area (Å²) in [4.78, 5) is 17.5. The summed E-state index contributed by atoms with van der Waals surface area (Å²) in [6, 6.07) is 22.0. The number of hydrogen-bond acceptors (Lipinski definition) is 6. The fraction of sp³-hybridized carbons (Fsp3) is 0.167. The summed E-state index contributed by atoms with van der Waals surface area (Å²) < 4.78 is 44.1. The first kappa shape index (κ1) is 27.0. The van der Waals surface area contributed by atoms with Gasteiger partial charge in [0, 0.05) is 35.7 Å². The number of ether oxygens (including phenoxy) is 1. The molecule has 1 atom stereocenters. The van der Waals surface area contributed by atoms with E-state index in [4.69, 9.17) is 4.74 Å². The Bertz CT molecular complexity index is 1800. The molecule has 5 aromatic rings. The zero-order valence-corrected chi connectivity index (χ0v) is 22.9. The number of sulfone groups is 1. The number of halogens is 1. The summed E-state index contributed by atoms with van der Waals surface area (Å²) >= 11 is 0. The van der Waals surface area contributed by atoms with Crippen LogP contribution in [0, 0.1) is 5.82 Å². The van der Waals surface area contributed by atoms with Crippen LogP contribution in [0.1, 0.15) is 29.8 Å². The number of hydrogen-bond donors (Lipinski definition) is 1. The van der Waals surface area contributed by atoms with E-state index in [-0.39, 0.29) is 16.6 Å². The molecule has 0 aliphatic carbocycles. The zero-order valence-electron chi connectivity index (χ0n) is 22.1. The van der Waals surface area contributed by atoms with Crippen LogP contribution < -0.4 is 10.1 Å². The van der Waals surface area contributed by atoms with Gasteiger partial charge in [0.1, 0.15) is 11.6 Å². The van der Waals surface area contributed by atoms with Gasteiger partial charge in [0.25, 0.3) is 0 Å². The highest BCUT2D eigenvalue weighted by Crippen LogP contribution is 2.26. The molecular weight excluding hydrogens is 531 g/mol. The highest BCUT2D eigenvalue weighted by Gasteiger charge is 2.16. The fourth-order valence-electron chi connectivity index (χ4n) is 4.35. The van der Waals surface area contributed by atoms with Crippen molar-refractivity contribution in [1.29, 1.82) is 0 Å². The lowest BCUT2D eigenvalue weighted by molar-refractivity contribution is -0.117. The largest absolute Gasteiger partial charge is 0.496 e. The van der Waals surface area contributed by atoms with E-state index in [0.29, 0.717) is 29.3 Å². The Balaban J connectivity index is 1.30. The molecule has 10 heteroatoms. The first-order chi connectivity index (χ1) is 19.1. The lowest BCUT2D eigenvalue weighted by Crippen LogP contribution is -2.18. The Labute approximate surface area is 231 Å². The topological polar surface area (TPSA) is 103 Å². The third kappa shape index (κ3) is 5.86. The molecule has 40 heavy (non-hydrogen) atoms. The van der Waals surface area contributed by atoms with Crippen molar-refractivity contribution in [2.24, 2.45) is 0 Å². The van der Waals surface area contributed by atoms with Crippen LogP contribution in [0.2, 0.25) is 0 Å². The molecule has 204 valence electrons. The van der Waals surface area contributed by atoms with Crippen LogP contribution in [-0.2, 0) is 21.1 Å². The van der Waals surface area contributed by atoms with Gasteiger partial charge in [-0.3, -0.25) is 4.79 Å². The minimum absolute atomic E-state index is 0.182. The number of amides is 1. The summed E-state index contributed by atoms with van der Waals surface area (Å²) in [7, 11) is -1.85. The number of carbonyl (C=O) groups excluding carboxylic acids is 1. The Morgan fingerprint density at radius 3 is 2.38 bits per heavy atom. The van der Waals surface area contributed by atoms with Gasteiger partial charge in [-0.25, -0.2) is 22.3 Å². The zero-order chi connectivity index (χ0) is 28.4. The van der Waals surface area contributed by atoms with E-state index in [1.165, 1.54) is 25.3 Å². The summed E-state index contributed by atoms with van der Waals surface area (Å²) in [5.41, 5.74) is 4.68. The summed E-state index contributed by atoms with van der Waals surface area (Å²) in [5, 5.41) is 7.51. The standard InChI is InChI=1S/C30H27FN4O4S/c1-19(20-4-10-24(31)11-5-20)30(36)32-25-12-6-21(7-13-25)23-9-15-29-33-28(34-35(29)18-23)16-22-8-14-26(40(3,37)38)17-27(22)39-2/h4-15,17-19H,16H2,1-3H3,(H,32,36)/t19-/m1/s1. The van der Waals surface area contributed by atoms with Crippen molar-refractivity contribution in [1.82, 2.24) is 14.6 Å². The molecule has 2 heterocycles. The summed E-state index contributed by atoms with van der Waals surface area (Å²) in [6.07, 6.45) is 3.40. The van der Waals surface area contributed by atoms with Crippen molar-refractivity contribution < 1.29 is 22.3 Å². The van der Waals surface area contributed by atoms with Gasteiger partial charge in [-0.05, 0) is 66.6 Å². The van der Waals surface area contributed by atoms with Gasteiger partial charge in [-0.1, -0.05) is 30.3 Å². The average Bonchev–Trinajstić information content (AvgIpc) is 3.34. The molecule has 0 aliphatic rings. The second-order valence-corrected chi connectivity index (χ2v) is 11.5. The lowest BCUT2D eigenvalue weighted by Gasteiger charge is -2.13. The number of methoxy groups -OCH3 is 1. The second-order valence-electron chi connectivity index (χ2n) is 9.51. The monoisotopic (exact) mass is 558 g/mol. The Morgan fingerprint density at radius 1 is 1.00 bits per heavy atom. The predicted octanol–water partition coefficient (Wildman–Crippen LogP) is 5.28. The van der Waals surface area contributed by atoms with Crippen molar-refractivity contribution in [2.75, 3.05) is 18.7 Å². The van der Waals surface area contributed by atoms with Gasteiger partial charge in [0.15, 0.2) is 21.3 Å². The molecule has 2 aromatic heterocycles. The van der Waals surface area contributed by atoms with Crippen LogP contribution >= 0.6 is 0 Å². The van der Waals surface area contributed by atoms with E-state index < -0.39 is 15.8 Å². The number of pyridine rings is 1. The van der Waals surface area contributed by atoms with Gasteiger partial charge in [-0.2, -0.15) is 5.10 Å². The first-order valence-corrected chi connectivity index (χ1v) is 14.4. The van der Waals surface area contributed by atoms with Crippen molar-refractivity contribution in [3.05, 3.63) is 108 Å². The van der Waals surface area contributed by atoms with E-state index in [2.05, 4.69) is 15.4 Å². The molecule has 8 nitrogen and oxygen atoms in total. The van der Waals surface area contributed by atoms with Gasteiger partial charge >= 0.3 is 0 Å². The lowest BCUT2D eigenvalue weighted by atomic mass is 10.00. The maximum absolute atomic E-state index is 13.2. The van der Waals surface area contributed by atoms with Crippen LogP contribution in [0.3, 0.4) is 0 Å². The number of nitrogens with one attached hydrogen (secondary N) is 1. The van der Waals surface area contributed by atoms with Gasteiger partial charge in [0.05, 0.1) is 17.9 Å². The van der Waals surface area contributed by atoms with Gasteiger partial charge in [0.2, 0.25) is 5.91 Å². The molecule has 1 amide bonds. The maximum Gasteiger partial charge on any atom is 0.231 e. The van der Waals surface area contributed by atoms with Crippen molar-refractivity contribution in [3.8, 4) is 16.9 Å². The SMILES string of the molecule is COc1cc(S(C)(=O)=O)ccc1Cc1nc2ccc(-c3ccc(NC(=O)[C@H](C)c4ccc(F)cc4)cc3)cn2n1. The van der Waals surface area contributed by atoms with Crippen LogP contribution in [0.15, 0.2) is 90.0 Å². The normalized spacial score (nSPS) is 12.3. The number of anilines is 1. The number of nitrogens with zero attached hydrogens (tertiary/aromatic N) is 3. The Kier molecular flexibility index (Phi) is 7.36. The highest BCUT2D eigenvalue weighted by atomic mass is 32.2. The van der Waals surface area contributed by atoms with Gasteiger partial charge < -0.3 is 10.1 Å². The van der Waals surface area contributed by atoms with E-state index in [1.54, 1.807) is 35.7 Å². The molecule has 3 aromatic carbocycles. The molecule has 0 radical (unpaired) electrons. The van der Waals surface area contributed by atoms with Crippen LogP contribution in [-0.4, -0.2) is 42.3 Å². The number of benzene rings is 3. The van der Waals surface area contributed by atoms with Crippen LogP contribution in [0.25, 0.3) is 16.8 Å². The Morgan fingerprint density at radius 2 is 1.70 bits per heavy atom. The molecule has 0 unspecified atom stereocenters.